The number of benzene rings is 1. The molecule has 1 rings (SSSR count). The number of carbonyl (C=O) groups excluding carboxylic acids is 2. The van der Waals surface area contributed by atoms with Gasteiger partial charge >= 0.3 is 5.97 Å². The van der Waals surface area contributed by atoms with Crippen LogP contribution in [0.25, 0.3) is 0 Å². The lowest BCUT2D eigenvalue weighted by molar-refractivity contribution is -0.147. The number of halogens is 2. The van der Waals surface area contributed by atoms with E-state index < -0.39 is 24.0 Å². The van der Waals surface area contributed by atoms with Gasteiger partial charge in [0, 0.05) is 6.42 Å². The molecular formula is C17H27ClFN3O3. The summed E-state index contributed by atoms with van der Waals surface area (Å²) in [6, 6.07) is 4.17. The molecular weight excluding hydrogens is 349 g/mol. The predicted molar refractivity (Wildman–Crippen MR) is 96.8 cm³/mol. The zero-order valence-corrected chi connectivity index (χ0v) is 15.2. The van der Waals surface area contributed by atoms with E-state index in [2.05, 4.69) is 5.32 Å². The van der Waals surface area contributed by atoms with E-state index in [0.717, 1.165) is 12.8 Å². The standard InChI is InChI=1S/C17H26FN3O3.ClH/c1-2-24-17(23)15(11-12-6-8-13(18)9-7-12)21-16(22)14(20)5-3-4-10-19;/h6-9,14-15H,2-5,10-11,19-20H2,1H3,(H,21,22);1H/t14-,15-;/m0./s1. The molecule has 2 atom stereocenters. The fourth-order valence-electron chi connectivity index (χ4n) is 2.21. The van der Waals surface area contributed by atoms with Gasteiger partial charge in [-0.15, -0.1) is 12.4 Å². The van der Waals surface area contributed by atoms with Crippen LogP contribution in [0.3, 0.4) is 0 Å². The minimum Gasteiger partial charge on any atom is -0.464 e. The number of nitrogens with one attached hydrogen (secondary N) is 1. The number of nitrogens with two attached hydrogens (primary N) is 2. The van der Waals surface area contributed by atoms with E-state index in [1.807, 2.05) is 0 Å². The maximum Gasteiger partial charge on any atom is 0.328 e. The average molecular weight is 376 g/mol. The Bertz CT molecular complexity index is 528. The number of carbonyl (C=O) groups is 2. The molecule has 0 aliphatic heterocycles. The van der Waals surface area contributed by atoms with Gasteiger partial charge in [0.05, 0.1) is 12.6 Å². The predicted octanol–water partition coefficient (Wildman–Crippen LogP) is 1.29. The maximum absolute atomic E-state index is 13.0. The molecule has 0 aliphatic rings. The summed E-state index contributed by atoms with van der Waals surface area (Å²) in [4.78, 5) is 24.2. The van der Waals surface area contributed by atoms with Crippen molar-refractivity contribution in [3.05, 3.63) is 35.6 Å². The van der Waals surface area contributed by atoms with Gasteiger partial charge in [-0.2, -0.15) is 0 Å². The summed E-state index contributed by atoms with van der Waals surface area (Å²) in [5, 5.41) is 2.63. The maximum atomic E-state index is 13.0. The average Bonchev–Trinajstić information content (AvgIpc) is 2.56. The van der Waals surface area contributed by atoms with Crippen LogP contribution in [0.15, 0.2) is 24.3 Å². The zero-order valence-electron chi connectivity index (χ0n) is 14.4. The number of amides is 1. The third kappa shape index (κ3) is 8.81. The first-order valence-corrected chi connectivity index (χ1v) is 8.15. The van der Waals surface area contributed by atoms with Crippen molar-refractivity contribution in [1.82, 2.24) is 5.32 Å². The highest BCUT2D eigenvalue weighted by atomic mass is 35.5. The summed E-state index contributed by atoms with van der Waals surface area (Å²) in [6.07, 6.45) is 2.24. The molecule has 0 aliphatic carbocycles. The molecule has 0 heterocycles. The Balaban J connectivity index is 0.00000576. The Morgan fingerprint density at radius 1 is 1.24 bits per heavy atom. The van der Waals surface area contributed by atoms with Gasteiger partial charge in [0.15, 0.2) is 0 Å². The molecule has 1 aromatic carbocycles. The van der Waals surface area contributed by atoms with Gasteiger partial charge in [-0.05, 0) is 44.0 Å². The SMILES string of the molecule is CCOC(=O)[C@H](Cc1ccc(F)cc1)NC(=O)[C@@H](N)CCCCN.Cl. The van der Waals surface area contributed by atoms with Crippen molar-refractivity contribution in [1.29, 1.82) is 0 Å². The van der Waals surface area contributed by atoms with Crippen LogP contribution in [0.2, 0.25) is 0 Å². The van der Waals surface area contributed by atoms with Gasteiger partial charge in [-0.1, -0.05) is 18.6 Å². The monoisotopic (exact) mass is 375 g/mol. The number of hydrogen-bond acceptors (Lipinski definition) is 5. The molecule has 6 nitrogen and oxygen atoms in total. The number of hydrogen-bond donors (Lipinski definition) is 3. The molecule has 0 radical (unpaired) electrons. The Morgan fingerprint density at radius 2 is 1.88 bits per heavy atom. The Kier molecular flexibility index (Phi) is 11.8. The van der Waals surface area contributed by atoms with Crippen molar-refractivity contribution in [2.75, 3.05) is 13.2 Å². The van der Waals surface area contributed by atoms with Gasteiger partial charge in [-0.3, -0.25) is 4.79 Å². The second-order valence-electron chi connectivity index (χ2n) is 5.53. The van der Waals surface area contributed by atoms with Crippen LogP contribution in [0.4, 0.5) is 4.39 Å². The quantitative estimate of drug-likeness (QED) is 0.422. The van der Waals surface area contributed by atoms with Gasteiger partial charge in [0.2, 0.25) is 5.91 Å². The topological polar surface area (TPSA) is 107 Å². The van der Waals surface area contributed by atoms with Crippen molar-refractivity contribution < 1.29 is 18.7 Å². The third-order valence-electron chi connectivity index (χ3n) is 3.55. The van der Waals surface area contributed by atoms with E-state index >= 15 is 0 Å². The Labute approximate surface area is 153 Å². The molecule has 0 fully saturated rings. The number of rotatable bonds is 10. The van der Waals surface area contributed by atoms with E-state index in [-0.39, 0.29) is 31.3 Å². The van der Waals surface area contributed by atoms with Gasteiger partial charge in [0.25, 0.3) is 0 Å². The molecule has 25 heavy (non-hydrogen) atoms. The van der Waals surface area contributed by atoms with E-state index in [4.69, 9.17) is 16.2 Å². The highest BCUT2D eigenvalue weighted by Crippen LogP contribution is 2.08. The van der Waals surface area contributed by atoms with Crippen LogP contribution in [-0.4, -0.2) is 37.1 Å². The normalized spacial score (nSPS) is 12.6. The van der Waals surface area contributed by atoms with Crippen molar-refractivity contribution in [2.45, 2.75) is 44.7 Å². The van der Waals surface area contributed by atoms with Crippen LogP contribution >= 0.6 is 12.4 Å². The minimum absolute atomic E-state index is 0. The first kappa shape index (κ1) is 23.3. The second kappa shape index (κ2) is 12.6. The van der Waals surface area contributed by atoms with E-state index in [1.54, 1.807) is 19.1 Å². The number of esters is 1. The van der Waals surface area contributed by atoms with Crippen LogP contribution in [-0.2, 0) is 20.7 Å². The number of ether oxygens (including phenoxy) is 1. The molecule has 0 aromatic heterocycles. The third-order valence-corrected chi connectivity index (χ3v) is 3.55. The largest absolute Gasteiger partial charge is 0.464 e. The Hall–Kier alpha value is -1.70. The fraction of sp³-hybridized carbons (Fsp3) is 0.529. The zero-order chi connectivity index (χ0) is 17.9. The molecule has 0 saturated heterocycles. The molecule has 0 unspecified atom stereocenters. The molecule has 8 heteroatoms. The lowest BCUT2D eigenvalue weighted by atomic mass is 10.0. The Morgan fingerprint density at radius 3 is 2.44 bits per heavy atom. The van der Waals surface area contributed by atoms with Gasteiger partial charge in [0.1, 0.15) is 11.9 Å². The highest BCUT2D eigenvalue weighted by molar-refractivity contribution is 5.87. The summed E-state index contributed by atoms with van der Waals surface area (Å²) in [5.74, 6) is -1.31. The lowest BCUT2D eigenvalue weighted by Gasteiger charge is -2.20. The molecule has 1 amide bonds. The number of unbranched alkanes of at least 4 members (excludes halogenated alkanes) is 1. The van der Waals surface area contributed by atoms with Crippen LogP contribution < -0.4 is 16.8 Å². The van der Waals surface area contributed by atoms with E-state index in [9.17, 15) is 14.0 Å². The molecule has 0 spiro atoms. The van der Waals surface area contributed by atoms with Crippen LogP contribution in [0.1, 0.15) is 31.7 Å². The molecule has 0 bridgehead atoms. The van der Waals surface area contributed by atoms with Gasteiger partial charge in [-0.25, -0.2) is 9.18 Å². The summed E-state index contributed by atoms with van der Waals surface area (Å²) in [7, 11) is 0. The minimum atomic E-state index is -0.858. The first-order valence-electron chi connectivity index (χ1n) is 8.15. The smallest absolute Gasteiger partial charge is 0.328 e. The lowest BCUT2D eigenvalue weighted by Crippen LogP contribution is -2.49. The van der Waals surface area contributed by atoms with Crippen molar-refractivity contribution >= 4 is 24.3 Å². The summed E-state index contributed by atoms with van der Waals surface area (Å²) >= 11 is 0. The van der Waals surface area contributed by atoms with Crippen molar-refractivity contribution in [3.63, 3.8) is 0 Å². The van der Waals surface area contributed by atoms with Gasteiger partial charge < -0.3 is 21.5 Å². The molecule has 142 valence electrons. The van der Waals surface area contributed by atoms with E-state index in [0.29, 0.717) is 18.5 Å². The summed E-state index contributed by atoms with van der Waals surface area (Å²) < 4.78 is 18.0. The van der Waals surface area contributed by atoms with E-state index in [1.165, 1.54) is 12.1 Å². The van der Waals surface area contributed by atoms with Crippen LogP contribution in [0, 0.1) is 5.82 Å². The molecule has 0 saturated carbocycles. The first-order chi connectivity index (χ1) is 11.5. The second-order valence-corrected chi connectivity index (χ2v) is 5.53. The molecule has 5 N–H and O–H groups in total. The molecule has 1 aromatic rings. The van der Waals surface area contributed by atoms with Crippen molar-refractivity contribution in [3.8, 4) is 0 Å². The van der Waals surface area contributed by atoms with Crippen LogP contribution in [0.5, 0.6) is 0 Å². The van der Waals surface area contributed by atoms with Crippen molar-refractivity contribution in [2.24, 2.45) is 11.5 Å². The summed E-state index contributed by atoms with van der Waals surface area (Å²) in [6.45, 7) is 2.44. The highest BCUT2D eigenvalue weighted by Gasteiger charge is 2.25. The fourth-order valence-corrected chi connectivity index (χ4v) is 2.21. The summed E-state index contributed by atoms with van der Waals surface area (Å²) in [5.41, 5.74) is 12.0.